The van der Waals surface area contributed by atoms with Crippen molar-refractivity contribution in [2.24, 2.45) is 0 Å². The Morgan fingerprint density at radius 2 is 1.46 bits per heavy atom. The molecular weight excluding hydrogens is 508 g/mol. The molecule has 0 bridgehead atoms. The molecule has 0 unspecified atom stereocenters. The summed E-state index contributed by atoms with van der Waals surface area (Å²) in [6, 6.07) is 12.2. The zero-order valence-corrected chi connectivity index (χ0v) is 26.9. The van der Waals surface area contributed by atoms with E-state index in [4.69, 9.17) is 9.47 Å². The van der Waals surface area contributed by atoms with Gasteiger partial charge in [0.05, 0.1) is 6.61 Å². The summed E-state index contributed by atoms with van der Waals surface area (Å²) in [6.07, 6.45) is 20.0. The Bertz CT molecular complexity index is 983. The van der Waals surface area contributed by atoms with Gasteiger partial charge in [-0.25, -0.2) is 4.57 Å². The standard InChI is InChI=1S/C36H58N2O3/c1-6-8-9-10-11-12-13-14-15-16-17-20-28-40-34-23-22-32(29-33(34)36(3,4)5)41-30-35(39)37-25-24-31-21-18-19-27-38(31)26-7-2/h18-19,21-23,27,29H,6-17,20,24-26,28,30H2,1-5H3/p+1. The minimum absolute atomic E-state index is 0.00634. The van der Waals surface area contributed by atoms with E-state index in [-0.39, 0.29) is 17.9 Å². The Morgan fingerprint density at radius 3 is 2.10 bits per heavy atom. The number of rotatable bonds is 22. The van der Waals surface area contributed by atoms with E-state index in [1.165, 1.54) is 76.3 Å². The van der Waals surface area contributed by atoms with Gasteiger partial charge in [-0.05, 0) is 30.0 Å². The average molecular weight is 568 g/mol. The number of nitrogens with zero attached hydrogens (tertiary/aromatic N) is 1. The van der Waals surface area contributed by atoms with Gasteiger partial charge in [0.1, 0.15) is 18.0 Å². The molecule has 230 valence electrons. The molecule has 2 rings (SSSR count). The van der Waals surface area contributed by atoms with Crippen molar-refractivity contribution in [2.45, 2.75) is 136 Å². The third-order valence-electron chi connectivity index (χ3n) is 7.59. The first-order valence-corrected chi connectivity index (χ1v) is 16.5. The molecule has 0 fully saturated rings. The van der Waals surface area contributed by atoms with E-state index in [9.17, 15) is 4.79 Å². The van der Waals surface area contributed by atoms with Gasteiger partial charge in [-0.1, -0.05) is 111 Å². The third-order valence-corrected chi connectivity index (χ3v) is 7.59. The number of carbonyl (C=O) groups is 1. The molecule has 0 radical (unpaired) electrons. The number of ether oxygens (including phenoxy) is 2. The minimum atomic E-state index is -0.104. The van der Waals surface area contributed by atoms with Crippen molar-refractivity contribution in [3.05, 3.63) is 53.9 Å². The molecule has 1 aromatic heterocycles. The summed E-state index contributed by atoms with van der Waals surface area (Å²) in [5.74, 6) is 1.51. The highest BCUT2D eigenvalue weighted by Gasteiger charge is 2.20. The molecule has 0 saturated carbocycles. The molecule has 0 atom stereocenters. The monoisotopic (exact) mass is 567 g/mol. The van der Waals surface area contributed by atoms with Crippen LogP contribution in [0, 0.1) is 0 Å². The second kappa shape index (κ2) is 20.3. The smallest absolute Gasteiger partial charge is 0.257 e. The van der Waals surface area contributed by atoms with Gasteiger partial charge in [-0.3, -0.25) is 4.79 Å². The molecule has 0 spiro atoms. The van der Waals surface area contributed by atoms with Crippen molar-refractivity contribution in [1.82, 2.24) is 5.32 Å². The van der Waals surface area contributed by atoms with Crippen LogP contribution >= 0.6 is 0 Å². The maximum atomic E-state index is 12.4. The van der Waals surface area contributed by atoms with Crippen molar-refractivity contribution < 1.29 is 18.8 Å². The number of aromatic nitrogens is 1. The van der Waals surface area contributed by atoms with Crippen molar-refractivity contribution in [2.75, 3.05) is 19.8 Å². The molecule has 1 amide bonds. The number of aryl methyl sites for hydroxylation is 1. The lowest BCUT2D eigenvalue weighted by atomic mass is 9.86. The number of hydrogen-bond acceptors (Lipinski definition) is 3. The molecule has 0 aliphatic rings. The van der Waals surface area contributed by atoms with Crippen LogP contribution in [0.1, 0.15) is 129 Å². The fourth-order valence-electron chi connectivity index (χ4n) is 5.16. The first-order valence-electron chi connectivity index (χ1n) is 16.5. The average Bonchev–Trinajstić information content (AvgIpc) is 2.95. The zero-order chi connectivity index (χ0) is 29.8. The van der Waals surface area contributed by atoms with Gasteiger partial charge in [0, 0.05) is 37.1 Å². The lowest BCUT2D eigenvalue weighted by Gasteiger charge is -2.24. The molecule has 5 nitrogen and oxygen atoms in total. The second-order valence-corrected chi connectivity index (χ2v) is 12.4. The van der Waals surface area contributed by atoms with Crippen LogP contribution in [0.5, 0.6) is 11.5 Å². The molecule has 1 heterocycles. The first-order chi connectivity index (χ1) is 19.8. The summed E-state index contributed by atoms with van der Waals surface area (Å²) in [4.78, 5) is 12.4. The number of pyridine rings is 1. The van der Waals surface area contributed by atoms with E-state index >= 15 is 0 Å². The molecule has 0 aliphatic carbocycles. The first kappa shape index (κ1) is 34.6. The van der Waals surface area contributed by atoms with Gasteiger partial charge >= 0.3 is 0 Å². The van der Waals surface area contributed by atoms with Crippen LogP contribution in [0.4, 0.5) is 0 Å². The van der Waals surface area contributed by atoms with E-state index in [1.54, 1.807) is 0 Å². The topological polar surface area (TPSA) is 51.4 Å². The van der Waals surface area contributed by atoms with Crippen LogP contribution in [-0.4, -0.2) is 25.7 Å². The highest BCUT2D eigenvalue weighted by Crippen LogP contribution is 2.34. The molecule has 1 aromatic carbocycles. The van der Waals surface area contributed by atoms with Crippen LogP contribution in [0.2, 0.25) is 0 Å². The number of nitrogens with one attached hydrogen (secondary N) is 1. The molecule has 1 N–H and O–H groups in total. The lowest BCUT2D eigenvalue weighted by Crippen LogP contribution is -2.40. The normalized spacial score (nSPS) is 11.4. The lowest BCUT2D eigenvalue weighted by molar-refractivity contribution is -0.704. The van der Waals surface area contributed by atoms with E-state index in [2.05, 4.69) is 56.8 Å². The summed E-state index contributed by atoms with van der Waals surface area (Å²) in [7, 11) is 0. The highest BCUT2D eigenvalue weighted by atomic mass is 16.5. The Hall–Kier alpha value is -2.56. The predicted molar refractivity (Wildman–Crippen MR) is 171 cm³/mol. The van der Waals surface area contributed by atoms with Crippen LogP contribution in [-0.2, 0) is 23.2 Å². The second-order valence-electron chi connectivity index (χ2n) is 12.4. The number of hydrogen-bond donors (Lipinski definition) is 1. The molecule has 41 heavy (non-hydrogen) atoms. The fraction of sp³-hybridized carbons (Fsp3) is 0.667. The maximum Gasteiger partial charge on any atom is 0.257 e. The van der Waals surface area contributed by atoms with Crippen LogP contribution < -0.4 is 19.4 Å². The van der Waals surface area contributed by atoms with Gasteiger partial charge in [0.2, 0.25) is 0 Å². The van der Waals surface area contributed by atoms with E-state index in [1.807, 2.05) is 30.3 Å². The van der Waals surface area contributed by atoms with Gasteiger partial charge in [0.15, 0.2) is 18.5 Å². The SMILES string of the molecule is CCCCCCCCCCCCCCOc1ccc(OCC(=O)NCCc2cccc[n+]2CCC)cc1C(C)(C)C. The quantitative estimate of drug-likeness (QED) is 0.115. The summed E-state index contributed by atoms with van der Waals surface area (Å²) in [5, 5.41) is 2.99. The summed E-state index contributed by atoms with van der Waals surface area (Å²) in [5.41, 5.74) is 2.25. The Labute approximate surface area is 251 Å². The van der Waals surface area contributed by atoms with Crippen molar-refractivity contribution in [3.8, 4) is 11.5 Å². The molecule has 5 heteroatoms. The third kappa shape index (κ3) is 14.8. The Morgan fingerprint density at radius 1 is 0.805 bits per heavy atom. The van der Waals surface area contributed by atoms with Gasteiger partial charge in [-0.15, -0.1) is 0 Å². The van der Waals surface area contributed by atoms with Crippen LogP contribution in [0.25, 0.3) is 0 Å². The van der Waals surface area contributed by atoms with Gasteiger partial charge in [-0.2, -0.15) is 0 Å². The van der Waals surface area contributed by atoms with E-state index in [0.29, 0.717) is 12.3 Å². The number of unbranched alkanes of at least 4 members (excludes halogenated alkanes) is 11. The largest absolute Gasteiger partial charge is 0.493 e. The molecule has 0 saturated heterocycles. The fourth-order valence-corrected chi connectivity index (χ4v) is 5.16. The summed E-state index contributed by atoms with van der Waals surface area (Å²) < 4.78 is 14.3. The van der Waals surface area contributed by atoms with Gasteiger partial charge < -0.3 is 14.8 Å². The van der Waals surface area contributed by atoms with E-state index in [0.717, 1.165) is 43.7 Å². The highest BCUT2D eigenvalue weighted by molar-refractivity contribution is 5.77. The van der Waals surface area contributed by atoms with Crippen molar-refractivity contribution in [1.29, 1.82) is 0 Å². The summed E-state index contributed by atoms with van der Waals surface area (Å²) in [6.45, 7) is 13.3. The molecule has 0 aliphatic heterocycles. The summed E-state index contributed by atoms with van der Waals surface area (Å²) >= 11 is 0. The Kier molecular flexibility index (Phi) is 17.2. The van der Waals surface area contributed by atoms with E-state index < -0.39 is 0 Å². The molecule has 2 aromatic rings. The van der Waals surface area contributed by atoms with Crippen molar-refractivity contribution in [3.63, 3.8) is 0 Å². The van der Waals surface area contributed by atoms with Gasteiger partial charge in [0.25, 0.3) is 5.91 Å². The van der Waals surface area contributed by atoms with Crippen LogP contribution in [0.15, 0.2) is 42.6 Å². The minimum Gasteiger partial charge on any atom is -0.493 e. The van der Waals surface area contributed by atoms with Crippen molar-refractivity contribution >= 4 is 5.91 Å². The number of carbonyl (C=O) groups excluding carboxylic acids is 1. The van der Waals surface area contributed by atoms with Crippen LogP contribution in [0.3, 0.4) is 0 Å². The molecular formula is C36H59N2O3+. The number of amides is 1. The Balaban J connectivity index is 1.68. The maximum absolute atomic E-state index is 12.4. The zero-order valence-electron chi connectivity index (χ0n) is 26.9. The predicted octanol–water partition coefficient (Wildman–Crippen LogP) is 8.50. The number of benzene rings is 1.